The number of hydrogen-bond acceptors (Lipinski definition) is 5. The van der Waals surface area contributed by atoms with Crippen LogP contribution in [0.25, 0.3) is 0 Å². The molecule has 0 unspecified atom stereocenters. The molecule has 0 spiro atoms. The SMILES string of the molecule is CCNC(=NCc1ccnn1C)NCCCc1nnc(SC)n1C1CCCC1. The van der Waals surface area contributed by atoms with Gasteiger partial charge in [-0.05, 0) is 38.5 Å². The number of rotatable bonds is 9. The third-order valence-electron chi connectivity index (χ3n) is 5.14. The van der Waals surface area contributed by atoms with Gasteiger partial charge in [0.2, 0.25) is 0 Å². The van der Waals surface area contributed by atoms with Crippen molar-refractivity contribution in [3.05, 3.63) is 23.8 Å². The van der Waals surface area contributed by atoms with Gasteiger partial charge in [-0.25, -0.2) is 4.99 Å². The van der Waals surface area contributed by atoms with Gasteiger partial charge in [0.1, 0.15) is 5.82 Å². The van der Waals surface area contributed by atoms with E-state index in [0.29, 0.717) is 12.6 Å². The van der Waals surface area contributed by atoms with Crippen LogP contribution < -0.4 is 10.6 Å². The molecular formula is C19H32N8S. The largest absolute Gasteiger partial charge is 0.357 e. The van der Waals surface area contributed by atoms with Gasteiger partial charge >= 0.3 is 0 Å². The van der Waals surface area contributed by atoms with Crippen LogP contribution in [0.15, 0.2) is 22.4 Å². The van der Waals surface area contributed by atoms with Crippen LogP contribution in [0.5, 0.6) is 0 Å². The third-order valence-corrected chi connectivity index (χ3v) is 5.79. The molecule has 3 rings (SSSR count). The molecule has 2 N–H and O–H groups in total. The molecule has 0 amide bonds. The average molecular weight is 405 g/mol. The summed E-state index contributed by atoms with van der Waals surface area (Å²) in [7, 11) is 1.94. The Hall–Kier alpha value is -2.03. The number of guanidine groups is 1. The van der Waals surface area contributed by atoms with Crippen LogP contribution in [0.3, 0.4) is 0 Å². The molecule has 2 heterocycles. The molecule has 8 nitrogen and oxygen atoms in total. The summed E-state index contributed by atoms with van der Waals surface area (Å²) in [5.41, 5.74) is 1.09. The van der Waals surface area contributed by atoms with E-state index in [-0.39, 0.29) is 0 Å². The fraction of sp³-hybridized carbons (Fsp3) is 0.684. The van der Waals surface area contributed by atoms with Crippen molar-refractivity contribution in [2.24, 2.45) is 12.0 Å². The third kappa shape index (κ3) is 5.27. The van der Waals surface area contributed by atoms with Crippen molar-refractivity contribution in [2.75, 3.05) is 19.3 Å². The molecule has 28 heavy (non-hydrogen) atoms. The highest BCUT2D eigenvalue weighted by molar-refractivity contribution is 7.98. The Morgan fingerprint density at radius 3 is 2.79 bits per heavy atom. The summed E-state index contributed by atoms with van der Waals surface area (Å²) >= 11 is 1.70. The van der Waals surface area contributed by atoms with Crippen molar-refractivity contribution >= 4 is 17.7 Å². The van der Waals surface area contributed by atoms with Gasteiger partial charge < -0.3 is 15.2 Å². The minimum atomic E-state index is 0.582. The monoisotopic (exact) mass is 404 g/mol. The maximum absolute atomic E-state index is 4.66. The summed E-state index contributed by atoms with van der Waals surface area (Å²) in [6.07, 6.45) is 10.9. The molecule has 0 radical (unpaired) electrons. The van der Waals surface area contributed by atoms with E-state index >= 15 is 0 Å². The van der Waals surface area contributed by atoms with Crippen LogP contribution in [0.1, 0.15) is 56.6 Å². The van der Waals surface area contributed by atoms with E-state index in [9.17, 15) is 0 Å². The lowest BCUT2D eigenvalue weighted by molar-refractivity contribution is 0.460. The smallest absolute Gasteiger partial charge is 0.191 e. The van der Waals surface area contributed by atoms with E-state index in [4.69, 9.17) is 0 Å². The van der Waals surface area contributed by atoms with E-state index < -0.39 is 0 Å². The lowest BCUT2D eigenvalue weighted by Crippen LogP contribution is -2.38. The minimum Gasteiger partial charge on any atom is -0.357 e. The topological polar surface area (TPSA) is 84.9 Å². The van der Waals surface area contributed by atoms with Crippen LogP contribution in [0.4, 0.5) is 0 Å². The maximum Gasteiger partial charge on any atom is 0.191 e. The summed E-state index contributed by atoms with van der Waals surface area (Å²) in [6.45, 7) is 4.38. The Kier molecular flexibility index (Phi) is 7.76. The van der Waals surface area contributed by atoms with Crippen LogP contribution in [0.2, 0.25) is 0 Å². The molecule has 1 fully saturated rings. The number of aryl methyl sites for hydroxylation is 2. The second-order valence-electron chi connectivity index (χ2n) is 7.08. The molecule has 0 aromatic carbocycles. The zero-order valence-electron chi connectivity index (χ0n) is 17.2. The molecule has 1 saturated carbocycles. The van der Waals surface area contributed by atoms with Gasteiger partial charge in [0, 0.05) is 38.8 Å². The Morgan fingerprint density at radius 1 is 1.29 bits per heavy atom. The number of nitrogens with one attached hydrogen (secondary N) is 2. The minimum absolute atomic E-state index is 0.582. The number of hydrogen-bond donors (Lipinski definition) is 2. The van der Waals surface area contributed by atoms with Gasteiger partial charge in [0.15, 0.2) is 11.1 Å². The second-order valence-corrected chi connectivity index (χ2v) is 7.86. The summed E-state index contributed by atoms with van der Waals surface area (Å²) in [6, 6.07) is 2.57. The molecule has 2 aromatic heterocycles. The Bertz CT molecular complexity index is 760. The van der Waals surface area contributed by atoms with Crippen LogP contribution >= 0.6 is 11.8 Å². The number of nitrogens with zero attached hydrogens (tertiary/aromatic N) is 6. The summed E-state index contributed by atoms with van der Waals surface area (Å²) in [5.74, 6) is 1.96. The highest BCUT2D eigenvalue weighted by Crippen LogP contribution is 2.33. The van der Waals surface area contributed by atoms with Crippen molar-refractivity contribution < 1.29 is 0 Å². The summed E-state index contributed by atoms with van der Waals surface area (Å²) in [4.78, 5) is 4.66. The Labute approximate surface area is 171 Å². The van der Waals surface area contributed by atoms with Crippen molar-refractivity contribution in [3.8, 4) is 0 Å². The number of thioether (sulfide) groups is 1. The van der Waals surface area contributed by atoms with Crippen LogP contribution in [0, 0.1) is 0 Å². The first kappa shape index (κ1) is 20.7. The predicted octanol–water partition coefficient (Wildman–Crippen LogP) is 2.54. The second kappa shape index (κ2) is 10.5. The normalized spacial score (nSPS) is 15.3. The molecule has 0 atom stereocenters. The quantitative estimate of drug-likeness (QED) is 0.289. The Balaban J connectivity index is 1.52. The van der Waals surface area contributed by atoms with E-state index in [1.54, 1.807) is 18.0 Å². The van der Waals surface area contributed by atoms with E-state index in [1.807, 2.05) is 17.8 Å². The first-order valence-corrected chi connectivity index (χ1v) is 11.4. The first-order chi connectivity index (χ1) is 13.7. The van der Waals surface area contributed by atoms with Crippen molar-refractivity contribution in [3.63, 3.8) is 0 Å². The molecule has 9 heteroatoms. The van der Waals surface area contributed by atoms with Gasteiger partial charge in [0.25, 0.3) is 0 Å². The van der Waals surface area contributed by atoms with Gasteiger partial charge in [-0.2, -0.15) is 5.10 Å². The highest BCUT2D eigenvalue weighted by Gasteiger charge is 2.23. The zero-order valence-corrected chi connectivity index (χ0v) is 18.0. The molecule has 154 valence electrons. The number of aromatic nitrogens is 5. The molecule has 0 bridgehead atoms. The molecule has 1 aliphatic carbocycles. The Morgan fingerprint density at radius 2 is 2.11 bits per heavy atom. The van der Waals surface area contributed by atoms with Crippen molar-refractivity contribution in [2.45, 2.75) is 63.2 Å². The van der Waals surface area contributed by atoms with Crippen molar-refractivity contribution in [1.29, 1.82) is 0 Å². The first-order valence-electron chi connectivity index (χ1n) is 10.2. The van der Waals surface area contributed by atoms with Gasteiger partial charge in [0.05, 0.1) is 12.2 Å². The van der Waals surface area contributed by atoms with Gasteiger partial charge in [-0.15, -0.1) is 10.2 Å². The number of aliphatic imine (C=N–C) groups is 1. The van der Waals surface area contributed by atoms with Gasteiger partial charge in [-0.1, -0.05) is 24.6 Å². The predicted molar refractivity (Wildman–Crippen MR) is 114 cm³/mol. The molecule has 0 saturated heterocycles. The fourth-order valence-corrected chi connectivity index (χ4v) is 4.23. The van der Waals surface area contributed by atoms with E-state index in [2.05, 4.69) is 48.7 Å². The molecule has 2 aromatic rings. The summed E-state index contributed by atoms with van der Waals surface area (Å²) in [5, 5.41) is 20.9. The lowest BCUT2D eigenvalue weighted by Gasteiger charge is -2.16. The van der Waals surface area contributed by atoms with Crippen molar-refractivity contribution in [1.82, 2.24) is 35.2 Å². The summed E-state index contributed by atoms with van der Waals surface area (Å²) < 4.78 is 4.24. The lowest BCUT2D eigenvalue weighted by atomic mass is 10.2. The molecular weight excluding hydrogens is 372 g/mol. The van der Waals surface area contributed by atoms with Gasteiger partial charge in [-0.3, -0.25) is 4.68 Å². The maximum atomic E-state index is 4.66. The average Bonchev–Trinajstić information content (AvgIpc) is 3.43. The standard InChI is InChI=1S/C19H32N8S/c1-4-20-18(22-14-16-11-13-23-26(16)2)21-12-7-10-17-24-25-19(28-3)27(17)15-8-5-6-9-15/h11,13,15H,4-10,12,14H2,1-3H3,(H2,20,21,22). The van der Waals surface area contributed by atoms with Crippen LogP contribution in [-0.4, -0.2) is 49.8 Å². The zero-order chi connectivity index (χ0) is 19.8. The van der Waals surface area contributed by atoms with E-state index in [0.717, 1.165) is 48.6 Å². The van der Waals surface area contributed by atoms with Crippen LogP contribution in [-0.2, 0) is 20.0 Å². The highest BCUT2D eigenvalue weighted by atomic mass is 32.2. The molecule has 0 aliphatic heterocycles. The van der Waals surface area contributed by atoms with E-state index in [1.165, 1.54) is 25.7 Å². The fourth-order valence-electron chi connectivity index (χ4n) is 3.66. The molecule has 1 aliphatic rings.